The molecule has 0 spiro atoms. The zero-order valence-corrected chi connectivity index (χ0v) is 7.71. The summed E-state index contributed by atoms with van der Waals surface area (Å²) in [5.41, 5.74) is 0. The maximum atomic E-state index is 9.13. The first-order valence-corrected chi connectivity index (χ1v) is 5.10. The Balaban J connectivity index is 2.39. The first-order chi connectivity index (χ1) is 5.88. The van der Waals surface area contributed by atoms with Crippen molar-refractivity contribution >= 4 is 0 Å². The third-order valence-corrected chi connectivity index (χ3v) is 3.05. The van der Waals surface area contributed by atoms with E-state index in [-0.39, 0.29) is 6.61 Å². The average Bonchev–Trinajstić information content (AvgIpc) is 2.30. The Morgan fingerprint density at radius 2 is 1.58 bits per heavy atom. The van der Waals surface area contributed by atoms with E-state index >= 15 is 0 Å². The van der Waals surface area contributed by atoms with Gasteiger partial charge in [-0.3, -0.25) is 0 Å². The highest BCUT2D eigenvalue weighted by Crippen LogP contribution is 2.30. The molecule has 0 aliphatic heterocycles. The highest BCUT2D eigenvalue weighted by atomic mass is 16.3. The summed E-state index contributed by atoms with van der Waals surface area (Å²) in [6, 6.07) is 0. The van der Waals surface area contributed by atoms with Crippen molar-refractivity contribution in [3.05, 3.63) is 0 Å². The minimum absolute atomic E-state index is 0.279. The van der Waals surface area contributed by atoms with E-state index in [1.807, 2.05) is 0 Å². The molecule has 0 bridgehead atoms. The summed E-state index contributed by atoms with van der Waals surface area (Å²) in [7, 11) is 0. The molecule has 2 nitrogen and oxygen atoms in total. The molecule has 0 radical (unpaired) electrons. The van der Waals surface area contributed by atoms with Crippen molar-refractivity contribution in [1.82, 2.24) is 0 Å². The third kappa shape index (κ3) is 2.76. The van der Waals surface area contributed by atoms with E-state index in [0.717, 1.165) is 12.8 Å². The SMILES string of the molecule is OCCC1CCCCCC1CO. The lowest BCUT2D eigenvalue weighted by Gasteiger charge is -2.21. The second kappa shape index (κ2) is 5.55. The number of aliphatic hydroxyl groups is 2. The molecule has 2 atom stereocenters. The lowest BCUT2D eigenvalue weighted by atomic mass is 9.86. The van der Waals surface area contributed by atoms with Crippen LogP contribution in [0.1, 0.15) is 38.5 Å². The molecule has 72 valence electrons. The Bertz CT molecular complexity index is 114. The van der Waals surface area contributed by atoms with Crippen LogP contribution in [0.4, 0.5) is 0 Å². The fraction of sp³-hybridized carbons (Fsp3) is 1.00. The smallest absolute Gasteiger partial charge is 0.0461 e. The Labute approximate surface area is 74.6 Å². The first kappa shape index (κ1) is 10.0. The number of hydrogen-bond donors (Lipinski definition) is 2. The van der Waals surface area contributed by atoms with Crippen molar-refractivity contribution in [3.63, 3.8) is 0 Å². The molecular weight excluding hydrogens is 152 g/mol. The minimum atomic E-state index is 0.279. The van der Waals surface area contributed by atoms with Gasteiger partial charge in [0.05, 0.1) is 0 Å². The van der Waals surface area contributed by atoms with Gasteiger partial charge in [0.1, 0.15) is 0 Å². The second-order valence-electron chi connectivity index (χ2n) is 3.85. The molecule has 1 aliphatic rings. The molecule has 0 amide bonds. The predicted octanol–water partition coefficient (Wildman–Crippen LogP) is 1.56. The van der Waals surface area contributed by atoms with Gasteiger partial charge in [0.2, 0.25) is 0 Å². The van der Waals surface area contributed by atoms with Crippen molar-refractivity contribution in [3.8, 4) is 0 Å². The van der Waals surface area contributed by atoms with Crippen LogP contribution in [-0.4, -0.2) is 23.4 Å². The molecule has 0 aromatic heterocycles. The van der Waals surface area contributed by atoms with Crippen LogP contribution in [0.15, 0.2) is 0 Å². The molecule has 12 heavy (non-hydrogen) atoms. The molecule has 2 unspecified atom stereocenters. The molecule has 1 fully saturated rings. The normalized spacial score (nSPS) is 31.5. The van der Waals surface area contributed by atoms with E-state index in [2.05, 4.69) is 0 Å². The van der Waals surface area contributed by atoms with Crippen LogP contribution in [0.3, 0.4) is 0 Å². The molecule has 2 heteroatoms. The van der Waals surface area contributed by atoms with Gasteiger partial charge in [-0.2, -0.15) is 0 Å². The van der Waals surface area contributed by atoms with E-state index < -0.39 is 0 Å². The topological polar surface area (TPSA) is 40.5 Å². The van der Waals surface area contributed by atoms with Gasteiger partial charge in [-0.15, -0.1) is 0 Å². The standard InChI is InChI=1S/C10H20O2/c11-7-6-9-4-2-1-3-5-10(9)8-12/h9-12H,1-8H2. The zero-order valence-electron chi connectivity index (χ0n) is 7.71. The van der Waals surface area contributed by atoms with Crippen LogP contribution < -0.4 is 0 Å². The van der Waals surface area contributed by atoms with Crippen LogP contribution in [0.5, 0.6) is 0 Å². The molecule has 1 rings (SSSR count). The molecular formula is C10H20O2. The third-order valence-electron chi connectivity index (χ3n) is 3.05. The molecule has 0 saturated heterocycles. The number of aliphatic hydroxyl groups excluding tert-OH is 2. The Kier molecular flexibility index (Phi) is 4.62. The minimum Gasteiger partial charge on any atom is -0.396 e. The quantitative estimate of drug-likeness (QED) is 0.634. The highest BCUT2D eigenvalue weighted by molar-refractivity contribution is 4.73. The number of hydrogen-bond acceptors (Lipinski definition) is 2. The Morgan fingerprint density at radius 3 is 2.17 bits per heavy atom. The van der Waals surface area contributed by atoms with E-state index in [9.17, 15) is 0 Å². The van der Waals surface area contributed by atoms with Crippen LogP contribution in [0.2, 0.25) is 0 Å². The van der Waals surface area contributed by atoms with Crippen molar-refractivity contribution in [1.29, 1.82) is 0 Å². The second-order valence-corrected chi connectivity index (χ2v) is 3.85. The first-order valence-electron chi connectivity index (χ1n) is 5.10. The molecule has 2 N–H and O–H groups in total. The van der Waals surface area contributed by atoms with E-state index in [1.54, 1.807) is 0 Å². The highest BCUT2D eigenvalue weighted by Gasteiger charge is 2.21. The number of rotatable bonds is 3. The molecule has 0 aromatic carbocycles. The van der Waals surface area contributed by atoms with E-state index in [1.165, 1.54) is 25.7 Å². The van der Waals surface area contributed by atoms with Gasteiger partial charge in [-0.25, -0.2) is 0 Å². The van der Waals surface area contributed by atoms with Crippen molar-refractivity contribution in [2.24, 2.45) is 11.8 Å². The maximum Gasteiger partial charge on any atom is 0.0461 e. The zero-order chi connectivity index (χ0) is 8.81. The molecule has 1 saturated carbocycles. The predicted molar refractivity (Wildman–Crippen MR) is 48.9 cm³/mol. The monoisotopic (exact) mass is 172 g/mol. The van der Waals surface area contributed by atoms with Gasteiger partial charge in [-0.05, 0) is 24.7 Å². The Morgan fingerprint density at radius 1 is 0.917 bits per heavy atom. The summed E-state index contributed by atoms with van der Waals surface area (Å²) >= 11 is 0. The van der Waals surface area contributed by atoms with Gasteiger partial charge < -0.3 is 10.2 Å². The summed E-state index contributed by atoms with van der Waals surface area (Å²) < 4.78 is 0. The Hall–Kier alpha value is -0.0800. The lowest BCUT2D eigenvalue weighted by Crippen LogP contribution is -2.18. The summed E-state index contributed by atoms with van der Waals surface area (Å²) in [5, 5.41) is 18.0. The van der Waals surface area contributed by atoms with Crippen LogP contribution in [0.25, 0.3) is 0 Å². The van der Waals surface area contributed by atoms with Gasteiger partial charge in [0.15, 0.2) is 0 Å². The summed E-state index contributed by atoms with van der Waals surface area (Å²) in [4.78, 5) is 0. The van der Waals surface area contributed by atoms with Crippen molar-refractivity contribution in [2.75, 3.05) is 13.2 Å². The van der Waals surface area contributed by atoms with Gasteiger partial charge in [-0.1, -0.05) is 25.7 Å². The van der Waals surface area contributed by atoms with Gasteiger partial charge in [0.25, 0.3) is 0 Å². The van der Waals surface area contributed by atoms with Crippen LogP contribution in [-0.2, 0) is 0 Å². The van der Waals surface area contributed by atoms with Crippen LogP contribution >= 0.6 is 0 Å². The lowest BCUT2D eigenvalue weighted by molar-refractivity contribution is 0.142. The van der Waals surface area contributed by atoms with E-state index in [4.69, 9.17) is 10.2 Å². The molecule has 1 aliphatic carbocycles. The van der Waals surface area contributed by atoms with Crippen LogP contribution in [0, 0.1) is 11.8 Å². The summed E-state index contributed by atoms with van der Waals surface area (Å²) in [5.74, 6) is 1.03. The maximum absolute atomic E-state index is 9.13. The van der Waals surface area contributed by atoms with Gasteiger partial charge in [0, 0.05) is 13.2 Å². The summed E-state index contributed by atoms with van der Waals surface area (Å²) in [6.45, 7) is 0.589. The fourth-order valence-electron chi connectivity index (χ4n) is 2.25. The van der Waals surface area contributed by atoms with Gasteiger partial charge >= 0.3 is 0 Å². The fourth-order valence-corrected chi connectivity index (χ4v) is 2.25. The summed E-state index contributed by atoms with van der Waals surface area (Å²) in [6.07, 6.45) is 7.07. The molecule has 0 aromatic rings. The average molecular weight is 172 g/mol. The largest absolute Gasteiger partial charge is 0.396 e. The van der Waals surface area contributed by atoms with Crippen molar-refractivity contribution < 1.29 is 10.2 Å². The molecule has 0 heterocycles. The van der Waals surface area contributed by atoms with Crippen molar-refractivity contribution in [2.45, 2.75) is 38.5 Å². The van der Waals surface area contributed by atoms with E-state index in [0.29, 0.717) is 18.4 Å².